The van der Waals surface area contributed by atoms with Gasteiger partial charge in [-0.25, -0.2) is 0 Å². The Morgan fingerprint density at radius 3 is 3.07 bits per heavy atom. The molecule has 2 heteroatoms. The van der Waals surface area contributed by atoms with Crippen molar-refractivity contribution in [2.75, 3.05) is 6.54 Å². The van der Waals surface area contributed by atoms with Crippen molar-refractivity contribution in [3.63, 3.8) is 0 Å². The van der Waals surface area contributed by atoms with Crippen LogP contribution in [0.5, 0.6) is 0 Å². The Kier molecular flexibility index (Phi) is 6.15. The maximum absolute atomic E-state index is 5.27. The van der Waals surface area contributed by atoms with Crippen LogP contribution in [0.25, 0.3) is 0 Å². The van der Waals surface area contributed by atoms with E-state index in [-0.39, 0.29) is 0 Å². The van der Waals surface area contributed by atoms with E-state index in [2.05, 4.69) is 35.7 Å². The molecule has 0 saturated carbocycles. The summed E-state index contributed by atoms with van der Waals surface area (Å²) in [6, 6.07) is 4.81. The quantitative estimate of drug-likeness (QED) is 0.548. The fourth-order valence-corrected chi connectivity index (χ4v) is 2.40. The van der Waals surface area contributed by atoms with Gasteiger partial charge >= 0.3 is 0 Å². The summed E-state index contributed by atoms with van der Waals surface area (Å²) >= 11 is 1.83. The highest BCUT2D eigenvalue weighted by Gasteiger charge is 2.10. The van der Waals surface area contributed by atoms with Gasteiger partial charge < -0.3 is 5.32 Å². The molecule has 1 nitrogen and oxygen atoms in total. The van der Waals surface area contributed by atoms with E-state index in [4.69, 9.17) is 6.42 Å². The molecule has 1 aromatic heterocycles. The molecule has 1 N–H and O–H groups in total. The lowest BCUT2D eigenvalue weighted by molar-refractivity contribution is 0.494. The van der Waals surface area contributed by atoms with Crippen LogP contribution in [0.1, 0.15) is 43.5 Å². The van der Waals surface area contributed by atoms with Gasteiger partial charge in [0.2, 0.25) is 0 Å². The minimum absolute atomic E-state index is 0.498. The van der Waals surface area contributed by atoms with Crippen LogP contribution in [0.4, 0.5) is 0 Å². The van der Waals surface area contributed by atoms with Crippen molar-refractivity contribution in [2.24, 2.45) is 0 Å². The fraction of sp³-hybridized carbons (Fsp3) is 0.538. The topological polar surface area (TPSA) is 12.0 Å². The van der Waals surface area contributed by atoms with E-state index in [1.165, 1.54) is 11.3 Å². The first-order chi connectivity index (χ1) is 7.38. The zero-order chi connectivity index (χ0) is 10.9. The molecule has 0 amide bonds. The lowest BCUT2D eigenvalue weighted by Crippen LogP contribution is -2.21. The van der Waals surface area contributed by atoms with E-state index in [0.29, 0.717) is 6.04 Å². The Morgan fingerprint density at radius 2 is 2.47 bits per heavy atom. The molecule has 1 aromatic rings. The van der Waals surface area contributed by atoms with Gasteiger partial charge in [-0.1, -0.05) is 13.0 Å². The summed E-state index contributed by atoms with van der Waals surface area (Å²) in [7, 11) is 0. The van der Waals surface area contributed by atoms with E-state index < -0.39 is 0 Å². The third kappa shape index (κ3) is 4.51. The van der Waals surface area contributed by atoms with Crippen molar-refractivity contribution in [2.45, 2.75) is 38.6 Å². The molecule has 0 aliphatic rings. The van der Waals surface area contributed by atoms with E-state index in [9.17, 15) is 0 Å². The predicted molar refractivity (Wildman–Crippen MR) is 68.0 cm³/mol. The minimum Gasteiger partial charge on any atom is -0.309 e. The van der Waals surface area contributed by atoms with Gasteiger partial charge in [0.05, 0.1) is 0 Å². The van der Waals surface area contributed by atoms with Gasteiger partial charge in [-0.3, -0.25) is 0 Å². The molecular formula is C13H19NS. The predicted octanol–water partition coefficient (Wildman–Crippen LogP) is 3.59. The summed E-state index contributed by atoms with van der Waals surface area (Å²) in [5, 5.41) is 5.71. The number of thiophene rings is 1. The minimum atomic E-state index is 0.498. The zero-order valence-electron chi connectivity index (χ0n) is 9.33. The van der Waals surface area contributed by atoms with Gasteiger partial charge in [0.15, 0.2) is 0 Å². The molecule has 0 bridgehead atoms. The Hall–Kier alpha value is -0.780. The smallest absolute Gasteiger partial charge is 0.0415 e. The number of hydrogen-bond donors (Lipinski definition) is 1. The van der Waals surface area contributed by atoms with Crippen LogP contribution in [-0.4, -0.2) is 6.54 Å². The molecule has 0 fully saturated rings. The standard InChI is InChI=1S/C13H19NS/c1-3-5-6-8-12(14-10-4-2)13-9-7-11-15-13/h1,7,9,11-12,14H,4-6,8,10H2,2H3. The Labute approximate surface area is 96.9 Å². The normalized spacial score (nSPS) is 12.3. The largest absolute Gasteiger partial charge is 0.309 e. The Bertz CT molecular complexity index is 284. The average Bonchev–Trinajstić information content (AvgIpc) is 2.76. The summed E-state index contributed by atoms with van der Waals surface area (Å²) in [6.07, 6.45) is 9.58. The summed E-state index contributed by atoms with van der Waals surface area (Å²) in [6.45, 7) is 3.28. The summed E-state index contributed by atoms with van der Waals surface area (Å²) < 4.78 is 0. The molecule has 15 heavy (non-hydrogen) atoms. The number of terminal acetylenes is 1. The molecule has 0 spiro atoms. The summed E-state index contributed by atoms with van der Waals surface area (Å²) in [5.74, 6) is 2.70. The highest BCUT2D eigenvalue weighted by Crippen LogP contribution is 2.23. The number of rotatable bonds is 7. The molecular weight excluding hydrogens is 202 g/mol. The zero-order valence-corrected chi connectivity index (χ0v) is 10.1. The maximum atomic E-state index is 5.27. The molecule has 0 aliphatic heterocycles. The van der Waals surface area contributed by atoms with Gasteiger partial charge in [0.25, 0.3) is 0 Å². The molecule has 0 aliphatic carbocycles. The fourth-order valence-electron chi connectivity index (χ4n) is 1.56. The molecule has 0 saturated heterocycles. The van der Waals surface area contributed by atoms with Gasteiger partial charge in [-0.05, 0) is 37.3 Å². The third-order valence-corrected chi connectivity index (χ3v) is 3.33. The first-order valence-electron chi connectivity index (χ1n) is 5.58. The van der Waals surface area contributed by atoms with Crippen molar-refractivity contribution in [1.82, 2.24) is 5.32 Å². The van der Waals surface area contributed by atoms with Crippen LogP contribution >= 0.6 is 11.3 Å². The van der Waals surface area contributed by atoms with Crippen molar-refractivity contribution in [1.29, 1.82) is 0 Å². The van der Waals surface area contributed by atoms with Crippen molar-refractivity contribution in [3.8, 4) is 12.3 Å². The second kappa shape index (κ2) is 7.50. The average molecular weight is 221 g/mol. The monoisotopic (exact) mass is 221 g/mol. The number of unbranched alkanes of at least 4 members (excludes halogenated alkanes) is 1. The summed E-state index contributed by atoms with van der Waals surface area (Å²) in [5.41, 5.74) is 0. The van der Waals surface area contributed by atoms with Gasteiger partial charge in [0, 0.05) is 17.3 Å². The maximum Gasteiger partial charge on any atom is 0.0415 e. The molecule has 0 radical (unpaired) electrons. The van der Waals surface area contributed by atoms with E-state index in [1.54, 1.807) is 0 Å². The number of hydrogen-bond acceptors (Lipinski definition) is 2. The highest BCUT2D eigenvalue weighted by atomic mass is 32.1. The van der Waals surface area contributed by atoms with Crippen molar-refractivity contribution >= 4 is 11.3 Å². The van der Waals surface area contributed by atoms with Crippen LogP contribution in [0, 0.1) is 12.3 Å². The van der Waals surface area contributed by atoms with E-state index in [0.717, 1.165) is 25.8 Å². The SMILES string of the molecule is C#CCCCC(NCCC)c1cccs1. The third-order valence-electron chi connectivity index (χ3n) is 2.34. The van der Waals surface area contributed by atoms with Crippen LogP contribution in [-0.2, 0) is 0 Å². The molecule has 1 heterocycles. The van der Waals surface area contributed by atoms with E-state index >= 15 is 0 Å². The first-order valence-corrected chi connectivity index (χ1v) is 6.46. The molecule has 82 valence electrons. The van der Waals surface area contributed by atoms with Crippen LogP contribution in [0.3, 0.4) is 0 Å². The summed E-state index contributed by atoms with van der Waals surface area (Å²) in [4.78, 5) is 1.43. The van der Waals surface area contributed by atoms with Crippen LogP contribution in [0.2, 0.25) is 0 Å². The van der Waals surface area contributed by atoms with Gasteiger partial charge in [0.1, 0.15) is 0 Å². The molecule has 1 unspecified atom stereocenters. The van der Waals surface area contributed by atoms with E-state index in [1.807, 2.05) is 11.3 Å². The molecule has 0 aromatic carbocycles. The second-order valence-corrected chi connectivity index (χ2v) is 4.60. The Balaban J connectivity index is 2.43. The Morgan fingerprint density at radius 1 is 1.60 bits per heavy atom. The van der Waals surface area contributed by atoms with Gasteiger partial charge in [-0.15, -0.1) is 23.7 Å². The van der Waals surface area contributed by atoms with Crippen LogP contribution in [0.15, 0.2) is 17.5 Å². The lowest BCUT2D eigenvalue weighted by atomic mass is 10.1. The molecule has 1 rings (SSSR count). The van der Waals surface area contributed by atoms with Gasteiger partial charge in [-0.2, -0.15) is 0 Å². The first kappa shape index (κ1) is 12.3. The molecule has 1 atom stereocenters. The van der Waals surface area contributed by atoms with Crippen molar-refractivity contribution in [3.05, 3.63) is 22.4 Å². The van der Waals surface area contributed by atoms with Crippen LogP contribution < -0.4 is 5.32 Å². The van der Waals surface area contributed by atoms with Crippen molar-refractivity contribution < 1.29 is 0 Å². The lowest BCUT2D eigenvalue weighted by Gasteiger charge is -2.16. The second-order valence-electron chi connectivity index (χ2n) is 3.62. The number of nitrogens with one attached hydrogen (secondary N) is 1. The highest BCUT2D eigenvalue weighted by molar-refractivity contribution is 7.10.